The van der Waals surface area contributed by atoms with Crippen LogP contribution in [0.25, 0.3) is 5.57 Å². The fourth-order valence-electron chi connectivity index (χ4n) is 1.83. The third kappa shape index (κ3) is 2.00. The molecule has 2 rings (SSSR count). The van der Waals surface area contributed by atoms with Crippen molar-refractivity contribution in [3.8, 4) is 0 Å². The molecule has 0 amide bonds. The quantitative estimate of drug-likeness (QED) is 0.677. The van der Waals surface area contributed by atoms with E-state index in [-0.39, 0.29) is 0 Å². The van der Waals surface area contributed by atoms with Crippen molar-refractivity contribution in [2.45, 2.75) is 33.1 Å². The van der Waals surface area contributed by atoms with Crippen molar-refractivity contribution in [3.63, 3.8) is 0 Å². The van der Waals surface area contributed by atoms with Gasteiger partial charge in [0.25, 0.3) is 0 Å². The van der Waals surface area contributed by atoms with Gasteiger partial charge in [0.05, 0.1) is 5.69 Å². The number of aromatic nitrogens is 2. The van der Waals surface area contributed by atoms with Crippen LogP contribution in [0, 0.1) is 12.8 Å². The summed E-state index contributed by atoms with van der Waals surface area (Å²) in [7, 11) is 0. The van der Waals surface area contributed by atoms with E-state index in [2.05, 4.69) is 29.0 Å². The summed E-state index contributed by atoms with van der Waals surface area (Å²) in [6, 6.07) is 2.07. The predicted octanol–water partition coefficient (Wildman–Crippen LogP) is 2.99. The van der Waals surface area contributed by atoms with Gasteiger partial charge in [0.2, 0.25) is 0 Å². The van der Waals surface area contributed by atoms with Crippen LogP contribution in [0.5, 0.6) is 0 Å². The molecular formula is C12H16N2. The normalized spacial score (nSPS) is 21.9. The van der Waals surface area contributed by atoms with Crippen molar-refractivity contribution in [2.75, 3.05) is 0 Å². The molecule has 0 spiro atoms. The van der Waals surface area contributed by atoms with Gasteiger partial charge in [-0.2, -0.15) is 0 Å². The summed E-state index contributed by atoms with van der Waals surface area (Å²) in [6.07, 6.45) is 7.63. The average Bonchev–Trinajstić information content (AvgIpc) is 2.19. The van der Waals surface area contributed by atoms with E-state index in [0.717, 1.165) is 23.7 Å². The smallest absolute Gasteiger partial charge is 0.116 e. The molecule has 1 aromatic heterocycles. The molecule has 2 heteroatoms. The maximum atomic E-state index is 4.31. The Hall–Kier alpha value is -1.18. The lowest BCUT2D eigenvalue weighted by Gasteiger charge is -2.17. The molecule has 0 saturated carbocycles. The summed E-state index contributed by atoms with van der Waals surface area (Å²) in [6.45, 7) is 4.32. The summed E-state index contributed by atoms with van der Waals surface area (Å²) < 4.78 is 0. The second-order valence-corrected chi connectivity index (χ2v) is 4.15. The first kappa shape index (κ1) is 9.38. The second kappa shape index (κ2) is 3.91. The Morgan fingerprint density at radius 1 is 1.36 bits per heavy atom. The molecule has 0 saturated heterocycles. The van der Waals surface area contributed by atoms with Crippen LogP contribution < -0.4 is 0 Å². The first-order valence-electron chi connectivity index (χ1n) is 5.24. The highest BCUT2D eigenvalue weighted by Gasteiger charge is 2.12. The van der Waals surface area contributed by atoms with Gasteiger partial charge in [-0.15, -0.1) is 0 Å². The molecule has 2 nitrogen and oxygen atoms in total. The Labute approximate surface area is 85.1 Å². The van der Waals surface area contributed by atoms with Crippen LogP contribution in [0.2, 0.25) is 0 Å². The van der Waals surface area contributed by atoms with Crippen molar-refractivity contribution in [1.82, 2.24) is 9.97 Å². The largest absolute Gasteiger partial charge is 0.242 e. The van der Waals surface area contributed by atoms with Crippen LogP contribution in [0.3, 0.4) is 0 Å². The minimum absolute atomic E-state index is 0.835. The number of hydrogen-bond donors (Lipinski definition) is 0. The third-order valence-corrected chi connectivity index (χ3v) is 2.81. The fraction of sp³-hybridized carbons (Fsp3) is 0.500. The van der Waals surface area contributed by atoms with Crippen LogP contribution in [-0.4, -0.2) is 9.97 Å². The highest BCUT2D eigenvalue weighted by atomic mass is 14.8. The summed E-state index contributed by atoms with van der Waals surface area (Å²) in [5.74, 6) is 0.835. The molecule has 0 aromatic carbocycles. The summed E-state index contributed by atoms with van der Waals surface area (Å²) in [4.78, 5) is 8.42. The lowest BCUT2D eigenvalue weighted by atomic mass is 9.89. The topological polar surface area (TPSA) is 25.8 Å². The molecule has 0 N–H and O–H groups in total. The molecule has 1 atom stereocenters. The average molecular weight is 188 g/mol. The molecule has 74 valence electrons. The Balaban J connectivity index is 2.23. The minimum Gasteiger partial charge on any atom is -0.242 e. The van der Waals surface area contributed by atoms with Gasteiger partial charge in [0.15, 0.2) is 0 Å². The van der Waals surface area contributed by atoms with Gasteiger partial charge >= 0.3 is 0 Å². The maximum absolute atomic E-state index is 4.31. The Kier molecular flexibility index (Phi) is 2.62. The molecule has 1 aliphatic carbocycles. The zero-order valence-corrected chi connectivity index (χ0v) is 8.83. The number of allylic oxidation sites excluding steroid dienone is 2. The lowest BCUT2D eigenvalue weighted by molar-refractivity contribution is 0.533. The highest BCUT2D eigenvalue weighted by Crippen LogP contribution is 2.28. The molecule has 1 aromatic rings. The molecule has 0 radical (unpaired) electrons. The van der Waals surface area contributed by atoms with Gasteiger partial charge in [0.1, 0.15) is 6.33 Å². The van der Waals surface area contributed by atoms with Gasteiger partial charge in [0, 0.05) is 5.69 Å². The highest BCUT2D eigenvalue weighted by molar-refractivity contribution is 5.63. The predicted molar refractivity (Wildman–Crippen MR) is 57.8 cm³/mol. The number of hydrogen-bond acceptors (Lipinski definition) is 2. The molecule has 0 fully saturated rings. The van der Waals surface area contributed by atoms with Crippen LogP contribution in [0.1, 0.15) is 37.6 Å². The van der Waals surface area contributed by atoms with Gasteiger partial charge in [-0.25, -0.2) is 9.97 Å². The van der Waals surface area contributed by atoms with Gasteiger partial charge in [-0.1, -0.05) is 13.0 Å². The van der Waals surface area contributed by atoms with Crippen molar-refractivity contribution < 1.29 is 0 Å². The minimum atomic E-state index is 0.835. The molecule has 1 unspecified atom stereocenters. The van der Waals surface area contributed by atoms with E-state index in [9.17, 15) is 0 Å². The molecular weight excluding hydrogens is 172 g/mol. The van der Waals surface area contributed by atoms with Crippen molar-refractivity contribution in [3.05, 3.63) is 29.9 Å². The van der Waals surface area contributed by atoms with Crippen LogP contribution in [0.4, 0.5) is 0 Å². The first-order chi connectivity index (χ1) is 6.75. The van der Waals surface area contributed by atoms with Crippen molar-refractivity contribution >= 4 is 5.57 Å². The van der Waals surface area contributed by atoms with E-state index < -0.39 is 0 Å². The molecule has 0 aliphatic heterocycles. The van der Waals surface area contributed by atoms with E-state index in [1.807, 2.05) is 6.92 Å². The third-order valence-electron chi connectivity index (χ3n) is 2.81. The van der Waals surface area contributed by atoms with Crippen LogP contribution in [-0.2, 0) is 0 Å². The summed E-state index contributed by atoms with van der Waals surface area (Å²) in [5, 5.41) is 0. The Bertz CT molecular complexity index is 355. The van der Waals surface area contributed by atoms with E-state index >= 15 is 0 Å². The SMILES string of the molecule is Cc1cc(C2=CCC(C)CC2)ncn1. The van der Waals surface area contributed by atoms with Gasteiger partial charge < -0.3 is 0 Å². The van der Waals surface area contributed by atoms with E-state index in [1.165, 1.54) is 18.4 Å². The van der Waals surface area contributed by atoms with Crippen LogP contribution in [0.15, 0.2) is 18.5 Å². The number of nitrogens with zero attached hydrogens (tertiary/aromatic N) is 2. The monoisotopic (exact) mass is 188 g/mol. The standard InChI is InChI=1S/C12H16N2/c1-9-3-5-11(6-4-9)12-7-10(2)13-8-14-12/h5,7-9H,3-4,6H2,1-2H3. The second-order valence-electron chi connectivity index (χ2n) is 4.15. The number of rotatable bonds is 1. The first-order valence-corrected chi connectivity index (χ1v) is 5.24. The lowest BCUT2D eigenvalue weighted by Crippen LogP contribution is -2.02. The Morgan fingerprint density at radius 2 is 2.21 bits per heavy atom. The van der Waals surface area contributed by atoms with E-state index in [1.54, 1.807) is 6.33 Å². The fourth-order valence-corrected chi connectivity index (χ4v) is 1.83. The molecule has 14 heavy (non-hydrogen) atoms. The zero-order valence-electron chi connectivity index (χ0n) is 8.83. The molecule has 0 bridgehead atoms. The molecule has 1 aliphatic rings. The maximum Gasteiger partial charge on any atom is 0.116 e. The van der Waals surface area contributed by atoms with Crippen molar-refractivity contribution in [2.24, 2.45) is 5.92 Å². The van der Waals surface area contributed by atoms with Gasteiger partial charge in [-0.3, -0.25) is 0 Å². The van der Waals surface area contributed by atoms with E-state index in [4.69, 9.17) is 0 Å². The molecule has 1 heterocycles. The van der Waals surface area contributed by atoms with E-state index in [0.29, 0.717) is 0 Å². The number of aryl methyl sites for hydroxylation is 1. The zero-order chi connectivity index (χ0) is 9.97. The van der Waals surface area contributed by atoms with Gasteiger partial charge in [-0.05, 0) is 43.7 Å². The van der Waals surface area contributed by atoms with Crippen LogP contribution >= 0.6 is 0 Å². The van der Waals surface area contributed by atoms with Crippen molar-refractivity contribution in [1.29, 1.82) is 0 Å². The Morgan fingerprint density at radius 3 is 2.86 bits per heavy atom. The summed E-state index contributed by atoms with van der Waals surface area (Å²) in [5.41, 5.74) is 3.56. The summed E-state index contributed by atoms with van der Waals surface area (Å²) >= 11 is 0.